The third-order valence-electron chi connectivity index (χ3n) is 4.07. The molecule has 2 aromatic rings. The average Bonchev–Trinajstić information content (AvgIpc) is 2.65. The van der Waals surface area contributed by atoms with E-state index >= 15 is 0 Å². The average molecular weight is 378 g/mol. The van der Waals surface area contributed by atoms with Crippen LogP contribution in [0.3, 0.4) is 0 Å². The maximum absolute atomic E-state index is 14.5. The summed E-state index contributed by atoms with van der Waals surface area (Å²) in [4.78, 5) is 15.8. The molecule has 138 valence electrons. The Balaban J connectivity index is 1.57. The van der Waals surface area contributed by atoms with Crippen molar-refractivity contribution in [3.05, 3.63) is 53.6 Å². The lowest BCUT2D eigenvalue weighted by Crippen LogP contribution is -2.28. The molecule has 2 heterocycles. The molecule has 1 aromatic carbocycles. The minimum absolute atomic E-state index is 0.0229. The van der Waals surface area contributed by atoms with E-state index in [0.29, 0.717) is 25.1 Å². The van der Waals surface area contributed by atoms with Crippen LogP contribution in [0.15, 0.2) is 41.6 Å². The second-order valence-corrected chi connectivity index (χ2v) is 7.64. The molecule has 1 amide bonds. The zero-order valence-electron chi connectivity index (χ0n) is 14.0. The highest BCUT2D eigenvalue weighted by molar-refractivity contribution is 7.89. The van der Waals surface area contributed by atoms with E-state index in [1.54, 1.807) is 6.07 Å². The van der Waals surface area contributed by atoms with Gasteiger partial charge in [-0.15, -0.1) is 0 Å². The topological polar surface area (TPSA) is 100 Å². The maximum Gasteiger partial charge on any atom is 0.242 e. The summed E-state index contributed by atoms with van der Waals surface area (Å²) >= 11 is 0. The Labute approximate surface area is 151 Å². The molecule has 7 nitrogen and oxygen atoms in total. The van der Waals surface area contributed by atoms with Crippen molar-refractivity contribution in [1.29, 1.82) is 0 Å². The summed E-state index contributed by atoms with van der Waals surface area (Å²) in [6, 6.07) is 6.23. The Kier molecular flexibility index (Phi) is 5.60. The first-order valence-corrected chi connectivity index (χ1v) is 9.66. The summed E-state index contributed by atoms with van der Waals surface area (Å²) in [5, 5.41) is 5.67. The maximum atomic E-state index is 14.5. The first kappa shape index (κ1) is 18.4. The van der Waals surface area contributed by atoms with E-state index in [-0.39, 0.29) is 23.5 Å². The number of nitrogens with zero attached hydrogens (tertiary/aromatic N) is 1. The number of fused-ring (bicyclic) bond motifs is 1. The van der Waals surface area contributed by atoms with Gasteiger partial charge in [0.2, 0.25) is 15.9 Å². The number of nitrogens with one attached hydrogen (secondary N) is 3. The summed E-state index contributed by atoms with van der Waals surface area (Å²) in [5.41, 5.74) is 1.61. The van der Waals surface area contributed by atoms with Crippen LogP contribution in [-0.2, 0) is 27.8 Å². The van der Waals surface area contributed by atoms with Crippen LogP contribution < -0.4 is 15.4 Å². The van der Waals surface area contributed by atoms with Crippen LogP contribution in [-0.4, -0.2) is 32.4 Å². The van der Waals surface area contributed by atoms with Gasteiger partial charge in [-0.3, -0.25) is 9.78 Å². The second-order valence-electron chi connectivity index (χ2n) is 5.88. The summed E-state index contributed by atoms with van der Waals surface area (Å²) in [6.45, 7) is 1.20. The van der Waals surface area contributed by atoms with E-state index in [0.717, 1.165) is 5.56 Å². The number of amides is 1. The van der Waals surface area contributed by atoms with Crippen LogP contribution in [0.4, 0.5) is 10.1 Å². The van der Waals surface area contributed by atoms with Gasteiger partial charge in [0.1, 0.15) is 10.7 Å². The summed E-state index contributed by atoms with van der Waals surface area (Å²) in [6.07, 6.45) is 3.14. The number of pyridine rings is 1. The van der Waals surface area contributed by atoms with Gasteiger partial charge in [-0.2, -0.15) is 0 Å². The monoisotopic (exact) mass is 378 g/mol. The molecule has 0 saturated carbocycles. The fourth-order valence-corrected chi connectivity index (χ4v) is 3.73. The number of hydrogen-bond acceptors (Lipinski definition) is 5. The Morgan fingerprint density at radius 1 is 1.31 bits per heavy atom. The molecular weight excluding hydrogens is 359 g/mol. The number of aromatic nitrogens is 1. The Morgan fingerprint density at radius 3 is 2.92 bits per heavy atom. The molecule has 0 saturated heterocycles. The van der Waals surface area contributed by atoms with E-state index in [1.165, 1.54) is 30.6 Å². The van der Waals surface area contributed by atoms with Crippen LogP contribution in [0.1, 0.15) is 17.5 Å². The van der Waals surface area contributed by atoms with Gasteiger partial charge in [0, 0.05) is 31.9 Å². The fourth-order valence-electron chi connectivity index (χ4n) is 2.73. The van der Waals surface area contributed by atoms with Gasteiger partial charge < -0.3 is 10.6 Å². The van der Waals surface area contributed by atoms with Crippen molar-refractivity contribution in [3.63, 3.8) is 0 Å². The molecule has 0 atom stereocenters. The number of anilines is 1. The second kappa shape index (κ2) is 7.90. The number of hydrogen-bond donors (Lipinski definition) is 3. The quantitative estimate of drug-likeness (QED) is 0.701. The smallest absolute Gasteiger partial charge is 0.242 e. The standard InChI is InChI=1S/C17H19FN4O3S/c18-17-14-5-8-20-10-12(14)3-4-15(17)22-16(23)6-9-21-26(24,25)13-2-1-7-19-11-13/h1-4,7,11,20-21H,5-6,8-10H2,(H,22,23). The Morgan fingerprint density at radius 2 is 2.15 bits per heavy atom. The van der Waals surface area contributed by atoms with Gasteiger partial charge in [-0.05, 0) is 42.3 Å². The Bertz CT molecular complexity index is 904. The van der Waals surface area contributed by atoms with Crippen molar-refractivity contribution >= 4 is 21.6 Å². The zero-order valence-corrected chi connectivity index (χ0v) is 14.8. The van der Waals surface area contributed by atoms with Crippen molar-refractivity contribution in [3.8, 4) is 0 Å². The minimum atomic E-state index is -3.72. The minimum Gasteiger partial charge on any atom is -0.324 e. The van der Waals surface area contributed by atoms with Crippen molar-refractivity contribution in [2.45, 2.75) is 24.3 Å². The fraction of sp³-hybridized carbons (Fsp3) is 0.294. The highest BCUT2D eigenvalue weighted by Crippen LogP contribution is 2.24. The number of carbonyl (C=O) groups is 1. The van der Waals surface area contributed by atoms with Crippen molar-refractivity contribution < 1.29 is 17.6 Å². The van der Waals surface area contributed by atoms with Crippen molar-refractivity contribution in [2.75, 3.05) is 18.4 Å². The molecule has 0 spiro atoms. The first-order valence-electron chi connectivity index (χ1n) is 8.18. The van der Waals surface area contributed by atoms with E-state index in [2.05, 4.69) is 20.3 Å². The molecule has 1 aromatic heterocycles. The molecule has 3 N–H and O–H groups in total. The van der Waals surface area contributed by atoms with Crippen LogP contribution in [0.5, 0.6) is 0 Å². The molecule has 0 fully saturated rings. The van der Waals surface area contributed by atoms with Crippen LogP contribution >= 0.6 is 0 Å². The molecular formula is C17H19FN4O3S. The molecule has 0 radical (unpaired) electrons. The predicted octanol–water partition coefficient (Wildman–Crippen LogP) is 1.17. The molecule has 0 bridgehead atoms. The van der Waals surface area contributed by atoms with Gasteiger partial charge in [-0.1, -0.05) is 6.07 Å². The lowest BCUT2D eigenvalue weighted by molar-refractivity contribution is -0.116. The van der Waals surface area contributed by atoms with Gasteiger partial charge in [0.05, 0.1) is 5.69 Å². The van der Waals surface area contributed by atoms with Crippen LogP contribution in [0.2, 0.25) is 0 Å². The highest BCUT2D eigenvalue weighted by atomic mass is 32.2. The predicted molar refractivity (Wildman–Crippen MR) is 94.5 cm³/mol. The van der Waals surface area contributed by atoms with Gasteiger partial charge in [0.15, 0.2) is 0 Å². The van der Waals surface area contributed by atoms with Crippen LogP contribution in [0, 0.1) is 5.82 Å². The number of rotatable bonds is 6. The Hall–Kier alpha value is -2.36. The van der Waals surface area contributed by atoms with Gasteiger partial charge >= 0.3 is 0 Å². The third kappa shape index (κ3) is 4.24. The van der Waals surface area contributed by atoms with E-state index in [1.807, 2.05) is 0 Å². The van der Waals surface area contributed by atoms with Crippen molar-refractivity contribution in [2.24, 2.45) is 0 Å². The third-order valence-corrected chi connectivity index (χ3v) is 5.52. The van der Waals surface area contributed by atoms with Crippen molar-refractivity contribution in [1.82, 2.24) is 15.0 Å². The molecule has 1 aliphatic heterocycles. The zero-order chi connectivity index (χ0) is 18.6. The van der Waals surface area contributed by atoms with E-state index < -0.39 is 21.7 Å². The normalized spacial score (nSPS) is 13.9. The summed E-state index contributed by atoms with van der Waals surface area (Å²) < 4.78 is 40.9. The highest BCUT2D eigenvalue weighted by Gasteiger charge is 2.18. The number of halogens is 1. The number of benzene rings is 1. The summed E-state index contributed by atoms with van der Waals surface area (Å²) in [5.74, 6) is -0.889. The molecule has 1 aliphatic rings. The number of sulfonamides is 1. The van der Waals surface area contributed by atoms with Gasteiger partial charge in [-0.25, -0.2) is 17.5 Å². The van der Waals surface area contributed by atoms with Crippen LogP contribution in [0.25, 0.3) is 0 Å². The number of carbonyl (C=O) groups excluding carboxylic acids is 1. The molecule has 0 aliphatic carbocycles. The molecule has 26 heavy (non-hydrogen) atoms. The molecule has 0 unspecified atom stereocenters. The van der Waals surface area contributed by atoms with E-state index in [9.17, 15) is 17.6 Å². The lowest BCUT2D eigenvalue weighted by Gasteiger charge is -2.19. The molecule has 9 heteroatoms. The lowest BCUT2D eigenvalue weighted by atomic mass is 9.99. The molecule has 3 rings (SSSR count). The first-order chi connectivity index (χ1) is 12.5. The SMILES string of the molecule is O=C(CCNS(=O)(=O)c1cccnc1)Nc1ccc2c(c1F)CCNC2. The van der Waals surface area contributed by atoms with Gasteiger partial charge in [0.25, 0.3) is 0 Å². The largest absolute Gasteiger partial charge is 0.324 e. The summed E-state index contributed by atoms with van der Waals surface area (Å²) in [7, 11) is -3.72. The van der Waals surface area contributed by atoms with E-state index in [4.69, 9.17) is 0 Å².